The number of hydrogen-bond acceptors (Lipinski definition) is 3. The number of aromatic amines is 1. The zero-order valence-electron chi connectivity index (χ0n) is 12.1. The van der Waals surface area contributed by atoms with E-state index in [0.29, 0.717) is 22.5 Å². The summed E-state index contributed by atoms with van der Waals surface area (Å²) in [5.74, 6) is 0. The molecule has 110 valence electrons. The van der Waals surface area contributed by atoms with Crippen molar-refractivity contribution in [1.82, 2.24) is 15.3 Å². The molecule has 22 heavy (non-hydrogen) atoms. The lowest BCUT2D eigenvalue weighted by molar-refractivity contribution is 0.918. The fourth-order valence-corrected chi connectivity index (χ4v) is 2.51. The number of pyridine rings is 2. The third kappa shape index (κ3) is 2.89. The van der Waals surface area contributed by atoms with Crippen molar-refractivity contribution in [2.45, 2.75) is 13.5 Å². The summed E-state index contributed by atoms with van der Waals surface area (Å²) in [6.45, 7) is 2.50. The van der Waals surface area contributed by atoms with E-state index in [-0.39, 0.29) is 5.43 Å². The first kappa shape index (κ1) is 14.4. The second-order valence-electron chi connectivity index (χ2n) is 5.12. The van der Waals surface area contributed by atoms with Crippen LogP contribution in [0, 0.1) is 6.92 Å². The summed E-state index contributed by atoms with van der Waals surface area (Å²) in [7, 11) is 0. The molecule has 0 amide bonds. The maximum atomic E-state index is 12.6. The Morgan fingerprint density at radius 2 is 2.23 bits per heavy atom. The summed E-state index contributed by atoms with van der Waals surface area (Å²) in [4.78, 5) is 20.2. The molecule has 0 unspecified atom stereocenters. The molecule has 5 heteroatoms. The smallest absolute Gasteiger partial charge is 0.199 e. The van der Waals surface area contributed by atoms with E-state index in [2.05, 4.69) is 15.3 Å². The van der Waals surface area contributed by atoms with Gasteiger partial charge in [0.15, 0.2) is 5.43 Å². The van der Waals surface area contributed by atoms with Gasteiger partial charge in [0, 0.05) is 36.0 Å². The summed E-state index contributed by atoms with van der Waals surface area (Å²) >= 11 is 5.35. The quantitative estimate of drug-likeness (QED) is 0.730. The van der Waals surface area contributed by atoms with E-state index in [1.54, 1.807) is 18.6 Å². The number of rotatable bonds is 3. The molecule has 0 spiro atoms. The third-order valence-corrected chi connectivity index (χ3v) is 3.82. The van der Waals surface area contributed by atoms with Crippen LogP contribution >= 0.6 is 12.2 Å². The van der Waals surface area contributed by atoms with E-state index in [1.165, 1.54) is 0 Å². The maximum Gasteiger partial charge on any atom is 0.199 e. The van der Waals surface area contributed by atoms with E-state index in [9.17, 15) is 4.79 Å². The van der Waals surface area contributed by atoms with Crippen molar-refractivity contribution < 1.29 is 0 Å². The summed E-state index contributed by atoms with van der Waals surface area (Å²) in [5.41, 5.74) is 3.30. The molecule has 0 saturated heterocycles. The molecule has 0 atom stereocenters. The number of nitrogens with zero attached hydrogens (tertiary/aromatic N) is 1. The van der Waals surface area contributed by atoms with Crippen LogP contribution < -0.4 is 10.7 Å². The van der Waals surface area contributed by atoms with Gasteiger partial charge in [0.05, 0.1) is 5.56 Å². The van der Waals surface area contributed by atoms with Crippen LogP contribution in [0.15, 0.2) is 53.7 Å². The minimum atomic E-state index is -0.0545. The van der Waals surface area contributed by atoms with Gasteiger partial charge in [0.2, 0.25) is 0 Å². The van der Waals surface area contributed by atoms with Gasteiger partial charge in [-0.25, -0.2) is 0 Å². The number of hydrogen-bond donors (Lipinski definition) is 2. The molecule has 1 aromatic carbocycles. The second kappa shape index (κ2) is 6.07. The highest BCUT2D eigenvalue weighted by atomic mass is 32.1. The van der Waals surface area contributed by atoms with Gasteiger partial charge in [-0.2, -0.15) is 0 Å². The van der Waals surface area contributed by atoms with Crippen LogP contribution in [0.25, 0.3) is 10.9 Å². The largest absolute Gasteiger partial charge is 0.371 e. The Bertz CT molecular complexity index is 887. The third-order valence-electron chi connectivity index (χ3n) is 3.46. The van der Waals surface area contributed by atoms with Crippen LogP contribution in [0.3, 0.4) is 0 Å². The fourth-order valence-electron chi connectivity index (χ4n) is 2.28. The first-order valence-electron chi connectivity index (χ1n) is 6.94. The standard InChI is InChI=1S/C17H15N3OS/c1-11-4-5-15-13(7-11)16(21)14(10-19-15)17(22)20-9-12-3-2-6-18-8-12/h2-8,10H,9H2,1H3,(H,19,21)(H,20,22). The topological polar surface area (TPSA) is 57.8 Å². The van der Waals surface area contributed by atoms with E-state index in [4.69, 9.17) is 12.2 Å². The highest BCUT2D eigenvalue weighted by Crippen LogP contribution is 2.10. The zero-order chi connectivity index (χ0) is 15.5. The monoisotopic (exact) mass is 309 g/mol. The summed E-state index contributed by atoms with van der Waals surface area (Å²) in [6.07, 6.45) is 5.15. The number of thiocarbonyl (C=S) groups is 1. The van der Waals surface area contributed by atoms with Gasteiger partial charge in [0.1, 0.15) is 4.99 Å². The molecule has 2 heterocycles. The van der Waals surface area contributed by atoms with E-state index < -0.39 is 0 Å². The van der Waals surface area contributed by atoms with Crippen LogP contribution in [-0.2, 0) is 6.54 Å². The Balaban J connectivity index is 1.88. The Morgan fingerprint density at radius 3 is 3.00 bits per heavy atom. The van der Waals surface area contributed by atoms with Gasteiger partial charge in [-0.15, -0.1) is 0 Å². The highest BCUT2D eigenvalue weighted by molar-refractivity contribution is 7.80. The van der Waals surface area contributed by atoms with Crippen LogP contribution in [0.4, 0.5) is 0 Å². The van der Waals surface area contributed by atoms with E-state index in [1.807, 2.05) is 37.3 Å². The van der Waals surface area contributed by atoms with Crippen molar-refractivity contribution in [3.8, 4) is 0 Å². The molecule has 0 radical (unpaired) electrons. The fraction of sp³-hybridized carbons (Fsp3) is 0.118. The molecular formula is C17H15N3OS. The zero-order valence-corrected chi connectivity index (χ0v) is 12.9. The number of benzene rings is 1. The van der Waals surface area contributed by atoms with Crippen molar-refractivity contribution in [2.75, 3.05) is 0 Å². The Kier molecular flexibility index (Phi) is 3.98. The van der Waals surface area contributed by atoms with Gasteiger partial charge in [-0.1, -0.05) is 29.9 Å². The minimum absolute atomic E-state index is 0.0545. The van der Waals surface area contributed by atoms with Gasteiger partial charge >= 0.3 is 0 Å². The molecule has 3 rings (SSSR count). The predicted molar refractivity (Wildman–Crippen MR) is 92.1 cm³/mol. The Hall–Kier alpha value is -2.53. The number of aryl methyl sites for hydroxylation is 1. The average molecular weight is 309 g/mol. The Morgan fingerprint density at radius 1 is 1.36 bits per heavy atom. The lowest BCUT2D eigenvalue weighted by Gasteiger charge is -2.08. The molecule has 2 aromatic heterocycles. The van der Waals surface area contributed by atoms with Gasteiger partial charge < -0.3 is 10.3 Å². The summed E-state index contributed by atoms with van der Waals surface area (Å²) in [5, 5.41) is 3.76. The molecule has 3 aromatic rings. The molecule has 0 aliphatic heterocycles. The van der Waals surface area contributed by atoms with Gasteiger partial charge in [-0.05, 0) is 30.7 Å². The average Bonchev–Trinajstić information content (AvgIpc) is 2.54. The predicted octanol–water partition coefficient (Wildman–Crippen LogP) is 2.70. The van der Waals surface area contributed by atoms with Crippen molar-refractivity contribution >= 4 is 28.1 Å². The second-order valence-corrected chi connectivity index (χ2v) is 5.53. The van der Waals surface area contributed by atoms with Crippen molar-refractivity contribution in [3.63, 3.8) is 0 Å². The molecule has 0 aliphatic carbocycles. The normalized spacial score (nSPS) is 10.6. The molecule has 2 N–H and O–H groups in total. The number of H-pyrrole nitrogens is 1. The van der Waals surface area contributed by atoms with Crippen molar-refractivity contribution in [3.05, 3.63) is 75.8 Å². The molecule has 0 bridgehead atoms. The summed E-state index contributed by atoms with van der Waals surface area (Å²) < 4.78 is 0. The molecule has 0 saturated carbocycles. The van der Waals surface area contributed by atoms with Gasteiger partial charge in [-0.3, -0.25) is 9.78 Å². The molecular weight excluding hydrogens is 294 g/mol. The molecule has 0 fully saturated rings. The Labute approximate surface area is 133 Å². The number of nitrogens with one attached hydrogen (secondary N) is 2. The lowest BCUT2D eigenvalue weighted by atomic mass is 10.1. The van der Waals surface area contributed by atoms with Crippen LogP contribution in [0.1, 0.15) is 16.7 Å². The summed E-state index contributed by atoms with van der Waals surface area (Å²) in [6, 6.07) is 9.57. The van der Waals surface area contributed by atoms with Crippen molar-refractivity contribution in [1.29, 1.82) is 0 Å². The van der Waals surface area contributed by atoms with E-state index >= 15 is 0 Å². The number of aromatic nitrogens is 2. The first-order chi connectivity index (χ1) is 10.6. The van der Waals surface area contributed by atoms with Crippen LogP contribution in [0.5, 0.6) is 0 Å². The van der Waals surface area contributed by atoms with E-state index in [0.717, 1.165) is 16.6 Å². The molecule has 4 nitrogen and oxygen atoms in total. The van der Waals surface area contributed by atoms with Gasteiger partial charge in [0.25, 0.3) is 0 Å². The lowest BCUT2D eigenvalue weighted by Crippen LogP contribution is -2.27. The minimum Gasteiger partial charge on any atom is -0.371 e. The maximum absolute atomic E-state index is 12.6. The first-order valence-corrected chi connectivity index (χ1v) is 7.35. The SMILES string of the molecule is Cc1ccc2[nH]cc(C(=S)NCc3cccnc3)c(=O)c2c1. The van der Waals surface area contributed by atoms with Crippen LogP contribution in [-0.4, -0.2) is 15.0 Å². The number of fused-ring (bicyclic) bond motifs is 1. The highest BCUT2D eigenvalue weighted by Gasteiger charge is 2.09. The molecule has 0 aliphatic rings. The van der Waals surface area contributed by atoms with Crippen LogP contribution in [0.2, 0.25) is 0 Å². The van der Waals surface area contributed by atoms with Crippen molar-refractivity contribution in [2.24, 2.45) is 0 Å².